The molecule has 0 radical (unpaired) electrons. The average molecular weight is 1030 g/mol. The van der Waals surface area contributed by atoms with Crippen molar-refractivity contribution < 1.29 is 79.3 Å². The number of hydrogen-bond acceptors (Lipinski definition) is 16. The van der Waals surface area contributed by atoms with Gasteiger partial charge in [0.15, 0.2) is 11.4 Å². The van der Waals surface area contributed by atoms with Crippen molar-refractivity contribution in [2.24, 2.45) is 0 Å². The first kappa shape index (κ1) is 51.9. The van der Waals surface area contributed by atoms with E-state index in [1.807, 2.05) is 6.92 Å². The van der Waals surface area contributed by atoms with Crippen LogP contribution in [0.25, 0.3) is 0 Å². The fourth-order valence-electron chi connectivity index (χ4n) is 7.92. The van der Waals surface area contributed by atoms with Gasteiger partial charge in [-0.25, -0.2) is 23.2 Å². The molecule has 0 saturated carbocycles. The Morgan fingerprint density at radius 2 is 1.18 bits per heavy atom. The minimum Gasteiger partial charge on any atom is -0.456 e. The van der Waals surface area contributed by atoms with E-state index in [1.165, 1.54) is 37.3 Å². The lowest BCUT2D eigenvalue weighted by molar-refractivity contribution is -0.386. The molecule has 23 nitrogen and oxygen atoms in total. The Morgan fingerprint density at radius 3 is 1.62 bits per heavy atom. The number of carbonyl (C=O) groups excluding carboxylic acids is 6. The van der Waals surface area contributed by atoms with Gasteiger partial charge in [-0.2, -0.15) is 8.42 Å². The van der Waals surface area contributed by atoms with Crippen LogP contribution in [0.2, 0.25) is 0 Å². The summed E-state index contributed by atoms with van der Waals surface area (Å²) in [6.07, 6.45) is -1.94. The number of rotatable bonds is 16. The van der Waals surface area contributed by atoms with Gasteiger partial charge in [0, 0.05) is 73.7 Å². The number of nitrogens with zero attached hydrogens (tertiary/aromatic N) is 4. The topological polar surface area (TPSA) is 311 Å². The van der Waals surface area contributed by atoms with Gasteiger partial charge in [-0.05, 0) is 55.8 Å². The Balaban J connectivity index is 1.22. The number of ether oxygens (including phenoxy) is 4. The second-order valence-electron chi connectivity index (χ2n) is 16.3. The highest BCUT2D eigenvalue weighted by Gasteiger charge is 2.55. The molecule has 5 aromatic carbocycles. The van der Waals surface area contributed by atoms with Gasteiger partial charge >= 0.3 is 18.2 Å². The molecular formula is C47H40F2N6O17S. The van der Waals surface area contributed by atoms with E-state index >= 15 is 8.78 Å². The minimum atomic E-state index is -4.43. The third-order valence-corrected chi connectivity index (χ3v) is 12.3. The predicted octanol–water partition coefficient (Wildman–Crippen LogP) is 6.86. The van der Waals surface area contributed by atoms with Crippen LogP contribution in [0.4, 0.5) is 41.1 Å². The monoisotopic (exact) mass is 1030 g/mol. The number of halogens is 2. The number of nitro benzene ring substituents is 2. The fraction of sp³-hybridized carbons (Fsp3) is 0.234. The molecule has 0 aliphatic carbocycles. The average Bonchev–Trinajstić information content (AvgIpc) is 3.64. The molecule has 26 heteroatoms. The van der Waals surface area contributed by atoms with Crippen molar-refractivity contribution in [3.05, 3.63) is 161 Å². The lowest BCUT2D eigenvalue weighted by atomic mass is 9.77. The number of anilines is 2. The molecule has 0 aromatic heterocycles. The highest BCUT2D eigenvalue weighted by Crippen LogP contribution is 2.58. The van der Waals surface area contributed by atoms with Gasteiger partial charge in [0.05, 0.1) is 54.8 Å². The van der Waals surface area contributed by atoms with Crippen molar-refractivity contribution in [2.75, 3.05) is 42.7 Å². The molecule has 2 heterocycles. The molecule has 1 unspecified atom stereocenters. The largest absolute Gasteiger partial charge is 0.456 e. The molecule has 0 fully saturated rings. The number of hydrogen-bond donors (Lipinski definition) is 3. The Labute approximate surface area is 411 Å². The van der Waals surface area contributed by atoms with E-state index in [-0.39, 0.29) is 61.6 Å². The Kier molecular flexibility index (Phi) is 14.5. The maximum atomic E-state index is 16.5. The number of carbonyl (C=O) groups is 6. The van der Waals surface area contributed by atoms with Gasteiger partial charge in [0.2, 0.25) is 0 Å². The summed E-state index contributed by atoms with van der Waals surface area (Å²) in [5.41, 5.74) is -5.52. The van der Waals surface area contributed by atoms with E-state index < -0.39 is 121 Å². The molecule has 1 spiro atoms. The van der Waals surface area contributed by atoms with Crippen LogP contribution in [0.5, 0.6) is 11.5 Å². The quantitative estimate of drug-likeness (QED) is 0.0227. The number of fused-ring (bicyclic) bond motifs is 6. The minimum absolute atomic E-state index is 0.0104. The van der Waals surface area contributed by atoms with Gasteiger partial charge in [-0.1, -0.05) is 19.1 Å². The summed E-state index contributed by atoms with van der Waals surface area (Å²) < 4.78 is 87.0. The summed E-state index contributed by atoms with van der Waals surface area (Å²) in [6.45, 7) is 1.28. The summed E-state index contributed by atoms with van der Waals surface area (Å²) >= 11 is 0. The van der Waals surface area contributed by atoms with Crippen molar-refractivity contribution >= 4 is 68.6 Å². The van der Waals surface area contributed by atoms with E-state index in [4.69, 9.17) is 23.5 Å². The predicted molar refractivity (Wildman–Crippen MR) is 249 cm³/mol. The fourth-order valence-corrected chi connectivity index (χ4v) is 8.28. The molecule has 380 valence electrons. The SMILES string of the molecule is CCCNC(=O)c1ccc([N+](=O)[O-])c(COC(=O)N(C)c2cc3c(cc2F)C2(OC(=O)c4cc(C(C)=O)ccc42)c2cc(F)c(N(C)C(=O)OCc4cc(C(=O)NCCS(=O)(=O)O)ccc4[N+](=O)[O-])cc2O3)c1. The first-order valence-corrected chi connectivity index (χ1v) is 23.2. The van der Waals surface area contributed by atoms with E-state index in [0.717, 1.165) is 62.6 Å². The molecule has 0 saturated heterocycles. The van der Waals surface area contributed by atoms with Crippen LogP contribution < -0.4 is 25.2 Å². The van der Waals surface area contributed by atoms with Crippen molar-refractivity contribution in [1.29, 1.82) is 0 Å². The second-order valence-corrected chi connectivity index (χ2v) is 17.9. The van der Waals surface area contributed by atoms with Crippen LogP contribution in [-0.2, 0) is 43.1 Å². The summed E-state index contributed by atoms with van der Waals surface area (Å²) in [6, 6.07) is 14.1. The number of benzene rings is 5. The molecule has 5 aromatic rings. The summed E-state index contributed by atoms with van der Waals surface area (Å²) in [7, 11) is -2.28. The van der Waals surface area contributed by atoms with E-state index in [9.17, 15) is 57.4 Å². The molecule has 1 atom stereocenters. The van der Waals surface area contributed by atoms with Crippen molar-refractivity contribution in [1.82, 2.24) is 10.6 Å². The third kappa shape index (κ3) is 10.5. The van der Waals surface area contributed by atoms with Gasteiger partial charge in [-0.3, -0.25) is 49.0 Å². The number of nitrogens with one attached hydrogen (secondary N) is 2. The molecule has 4 amide bonds. The zero-order chi connectivity index (χ0) is 53.3. The molecule has 7 rings (SSSR count). The van der Waals surface area contributed by atoms with Crippen molar-refractivity contribution in [2.45, 2.75) is 39.1 Å². The zero-order valence-electron chi connectivity index (χ0n) is 38.7. The number of Topliss-reactive ketones (excluding diaryl/α,β-unsaturated/α-hetero) is 1. The number of nitro groups is 2. The summed E-state index contributed by atoms with van der Waals surface area (Å²) in [5.74, 6) is -6.61. The molecule has 0 bridgehead atoms. The lowest BCUT2D eigenvalue weighted by Gasteiger charge is -2.37. The van der Waals surface area contributed by atoms with Crippen molar-refractivity contribution in [3.8, 4) is 11.5 Å². The number of ketones is 1. The summed E-state index contributed by atoms with van der Waals surface area (Å²) in [5, 5.41) is 28.5. The van der Waals surface area contributed by atoms with Crippen LogP contribution in [0.1, 0.15) is 89.5 Å². The third-order valence-electron chi connectivity index (χ3n) is 11.6. The number of esters is 1. The van der Waals surface area contributed by atoms with E-state index in [0.29, 0.717) is 22.8 Å². The van der Waals surface area contributed by atoms with Crippen LogP contribution >= 0.6 is 0 Å². The first-order valence-electron chi connectivity index (χ1n) is 21.6. The second kappa shape index (κ2) is 20.4. The van der Waals surface area contributed by atoms with Gasteiger partial charge in [0.25, 0.3) is 33.3 Å². The molecule has 73 heavy (non-hydrogen) atoms. The van der Waals surface area contributed by atoms with E-state index in [2.05, 4.69) is 10.6 Å². The van der Waals surface area contributed by atoms with Crippen LogP contribution in [0.3, 0.4) is 0 Å². The smallest absolute Gasteiger partial charge is 0.414 e. The first-order chi connectivity index (χ1) is 34.4. The molecule has 2 aliphatic heterocycles. The standard InChI is InChI=1S/C47H40F2N6O17S/c1-5-12-50-42(57)26-7-10-36(54(62)63)28(15-26)22-69-45(60)52(3)38-20-40-32(18-34(38)48)47(31-9-6-25(24(2)56)17-30(31)44(59)72-47)33-19-35(49)39(21-41(33)71-40)53(4)46(61)70-23-29-16-27(8-11-37(29)55(64)65)43(58)51-13-14-73(66,67)68/h6-11,15-21H,5,12-14,22-23H2,1-4H3,(H,50,57)(H,51,58)(H,66,67,68). The Bertz CT molecular complexity index is 3320. The van der Waals surface area contributed by atoms with Gasteiger partial charge < -0.3 is 29.6 Å². The van der Waals surface area contributed by atoms with Gasteiger partial charge in [0.1, 0.15) is 36.3 Å². The van der Waals surface area contributed by atoms with Gasteiger partial charge in [-0.15, -0.1) is 0 Å². The molecule has 2 aliphatic rings. The highest BCUT2D eigenvalue weighted by molar-refractivity contribution is 7.85. The Morgan fingerprint density at radius 1 is 0.712 bits per heavy atom. The number of amides is 4. The summed E-state index contributed by atoms with van der Waals surface area (Å²) in [4.78, 5) is 102. The van der Waals surface area contributed by atoms with Crippen molar-refractivity contribution in [3.63, 3.8) is 0 Å². The maximum Gasteiger partial charge on any atom is 0.414 e. The lowest BCUT2D eigenvalue weighted by Crippen LogP contribution is -2.35. The van der Waals surface area contributed by atoms with E-state index in [1.54, 1.807) is 0 Å². The molecule has 3 N–H and O–H groups in total. The van der Waals surface area contributed by atoms with Crippen LogP contribution in [0, 0.1) is 31.9 Å². The Hall–Kier alpha value is -8.91. The zero-order valence-corrected chi connectivity index (χ0v) is 39.5. The normalized spacial score (nSPS) is 14.1. The highest BCUT2D eigenvalue weighted by atomic mass is 32.2. The molecular weight excluding hydrogens is 991 g/mol. The van der Waals surface area contributed by atoms with Crippen LogP contribution in [0.15, 0.2) is 78.9 Å². The van der Waals surface area contributed by atoms with Crippen LogP contribution in [-0.4, -0.2) is 91.5 Å². The maximum absolute atomic E-state index is 16.5.